The van der Waals surface area contributed by atoms with Crippen molar-refractivity contribution in [1.82, 2.24) is 4.98 Å². The van der Waals surface area contributed by atoms with Crippen molar-refractivity contribution in [3.63, 3.8) is 0 Å². The third kappa shape index (κ3) is 1.58. The molecule has 1 aromatic heterocycles. The fourth-order valence-corrected chi connectivity index (χ4v) is 2.52. The summed E-state index contributed by atoms with van der Waals surface area (Å²) in [4.78, 5) is 4.72. The first-order chi connectivity index (χ1) is 8.31. The van der Waals surface area contributed by atoms with Gasteiger partial charge in [0.05, 0.1) is 16.1 Å². The Kier molecular flexibility index (Phi) is 2.49. The van der Waals surface area contributed by atoms with Gasteiger partial charge in [0, 0.05) is 10.8 Å². The fourth-order valence-electron chi connectivity index (χ4n) is 2.21. The number of nitrogens with zero attached hydrogens (tertiary/aromatic N) is 1. The Morgan fingerprint density at radius 1 is 1.00 bits per heavy atom. The second-order valence-electron chi connectivity index (χ2n) is 4.11. The fraction of sp³-hybridized carbons (Fsp3) is 0.133. The second-order valence-corrected chi connectivity index (χ2v) is 4.49. The number of fused-ring (bicyclic) bond motifs is 2. The van der Waals surface area contributed by atoms with Crippen LogP contribution in [0.2, 0.25) is 5.02 Å². The Morgan fingerprint density at radius 3 is 2.59 bits per heavy atom. The Morgan fingerprint density at radius 2 is 1.76 bits per heavy atom. The molecule has 0 atom stereocenters. The van der Waals surface area contributed by atoms with Crippen LogP contribution in [0.15, 0.2) is 42.5 Å². The van der Waals surface area contributed by atoms with Crippen LogP contribution < -0.4 is 0 Å². The molecular formula is C15H12ClN. The molecule has 2 aromatic carbocycles. The van der Waals surface area contributed by atoms with Gasteiger partial charge in [0.15, 0.2) is 0 Å². The average Bonchev–Trinajstić information content (AvgIpc) is 2.38. The maximum absolute atomic E-state index is 6.46. The Labute approximate surface area is 105 Å². The number of hydrogen-bond acceptors (Lipinski definition) is 1. The zero-order valence-corrected chi connectivity index (χ0v) is 10.3. The van der Waals surface area contributed by atoms with Crippen molar-refractivity contribution in [2.45, 2.75) is 13.3 Å². The van der Waals surface area contributed by atoms with Crippen molar-refractivity contribution in [2.24, 2.45) is 0 Å². The summed E-state index contributed by atoms with van der Waals surface area (Å²) >= 11 is 6.46. The van der Waals surface area contributed by atoms with Crippen molar-refractivity contribution in [3.05, 3.63) is 53.1 Å². The van der Waals surface area contributed by atoms with Crippen LogP contribution in [0.4, 0.5) is 0 Å². The molecule has 0 radical (unpaired) electrons. The van der Waals surface area contributed by atoms with Crippen LogP contribution >= 0.6 is 11.6 Å². The molecule has 0 spiro atoms. The topological polar surface area (TPSA) is 12.9 Å². The van der Waals surface area contributed by atoms with Crippen LogP contribution in [0, 0.1) is 0 Å². The van der Waals surface area contributed by atoms with Gasteiger partial charge >= 0.3 is 0 Å². The zero-order valence-electron chi connectivity index (χ0n) is 9.57. The first-order valence-electron chi connectivity index (χ1n) is 5.77. The van der Waals surface area contributed by atoms with E-state index in [0.29, 0.717) is 0 Å². The van der Waals surface area contributed by atoms with E-state index in [2.05, 4.69) is 13.0 Å². The summed E-state index contributed by atoms with van der Waals surface area (Å²) in [6, 6.07) is 14.2. The molecule has 0 bridgehead atoms. The van der Waals surface area contributed by atoms with E-state index in [1.807, 2.05) is 36.4 Å². The minimum Gasteiger partial charge on any atom is -0.247 e. The lowest BCUT2D eigenvalue weighted by atomic mass is 10.1. The lowest BCUT2D eigenvalue weighted by Crippen LogP contribution is -1.89. The van der Waals surface area contributed by atoms with Crippen LogP contribution in [0.25, 0.3) is 21.8 Å². The molecule has 0 aliphatic heterocycles. The van der Waals surface area contributed by atoms with Crippen molar-refractivity contribution < 1.29 is 0 Å². The molecule has 0 saturated heterocycles. The Hall–Kier alpha value is -1.60. The molecule has 0 saturated carbocycles. The number of hydrogen-bond donors (Lipinski definition) is 0. The summed E-state index contributed by atoms with van der Waals surface area (Å²) in [7, 11) is 0. The van der Waals surface area contributed by atoms with Gasteiger partial charge < -0.3 is 0 Å². The van der Waals surface area contributed by atoms with Crippen LogP contribution in [0.1, 0.15) is 12.5 Å². The molecule has 0 N–H and O–H groups in total. The second kappa shape index (κ2) is 4.01. The number of para-hydroxylation sites is 2. The monoisotopic (exact) mass is 241 g/mol. The van der Waals surface area contributed by atoms with Gasteiger partial charge in [0.25, 0.3) is 0 Å². The van der Waals surface area contributed by atoms with Gasteiger partial charge in [-0.1, -0.05) is 54.9 Å². The highest BCUT2D eigenvalue weighted by Crippen LogP contribution is 2.31. The third-order valence-corrected chi connectivity index (χ3v) is 3.52. The quantitative estimate of drug-likeness (QED) is 0.567. The van der Waals surface area contributed by atoms with Crippen LogP contribution in [0.5, 0.6) is 0 Å². The number of aromatic nitrogens is 1. The Balaban J connectivity index is 2.54. The molecule has 84 valence electrons. The first kappa shape index (κ1) is 10.5. The molecule has 17 heavy (non-hydrogen) atoms. The van der Waals surface area contributed by atoms with E-state index in [-0.39, 0.29) is 0 Å². The predicted octanol–water partition coefficient (Wildman–Crippen LogP) is 4.60. The number of aryl methyl sites for hydroxylation is 1. The summed E-state index contributed by atoms with van der Waals surface area (Å²) in [5.74, 6) is 0. The number of pyridine rings is 1. The van der Waals surface area contributed by atoms with E-state index in [0.717, 1.165) is 33.2 Å². The minimum absolute atomic E-state index is 0.806. The zero-order chi connectivity index (χ0) is 11.8. The van der Waals surface area contributed by atoms with Gasteiger partial charge in [0.2, 0.25) is 0 Å². The maximum atomic E-state index is 6.46. The summed E-state index contributed by atoms with van der Waals surface area (Å²) in [6.07, 6.45) is 0.971. The van der Waals surface area contributed by atoms with E-state index in [4.69, 9.17) is 16.6 Å². The number of halogens is 1. The van der Waals surface area contributed by atoms with Crippen molar-refractivity contribution in [3.8, 4) is 0 Å². The third-order valence-electron chi connectivity index (χ3n) is 3.11. The van der Waals surface area contributed by atoms with E-state index in [9.17, 15) is 0 Å². The molecule has 0 amide bonds. The van der Waals surface area contributed by atoms with Crippen molar-refractivity contribution in [1.29, 1.82) is 0 Å². The molecule has 2 heteroatoms. The minimum atomic E-state index is 0.806. The molecular weight excluding hydrogens is 230 g/mol. The normalized spacial score (nSPS) is 11.2. The standard InChI is InChI=1S/C15H12ClN/c1-2-10-6-5-8-12-14(16)11-7-3-4-9-13(11)17-15(10)12/h3-9H,2H2,1H3. The predicted molar refractivity (Wildman–Crippen MR) is 73.6 cm³/mol. The lowest BCUT2D eigenvalue weighted by molar-refractivity contribution is 1.15. The van der Waals surface area contributed by atoms with Gasteiger partial charge in [0.1, 0.15) is 0 Å². The number of benzene rings is 2. The molecule has 0 aliphatic carbocycles. The van der Waals surface area contributed by atoms with Gasteiger partial charge in [-0.25, -0.2) is 4.98 Å². The SMILES string of the molecule is CCc1cccc2c(Cl)c3ccccc3nc12. The highest BCUT2D eigenvalue weighted by molar-refractivity contribution is 6.40. The van der Waals surface area contributed by atoms with Crippen LogP contribution in [-0.4, -0.2) is 4.98 Å². The Bertz CT molecular complexity index is 704. The van der Waals surface area contributed by atoms with E-state index < -0.39 is 0 Å². The van der Waals surface area contributed by atoms with Gasteiger partial charge in [-0.15, -0.1) is 0 Å². The molecule has 0 aliphatic rings. The average molecular weight is 242 g/mol. The molecule has 0 unspecified atom stereocenters. The van der Waals surface area contributed by atoms with Gasteiger partial charge in [-0.3, -0.25) is 0 Å². The summed E-state index contributed by atoms with van der Waals surface area (Å²) in [5, 5.41) is 2.88. The lowest BCUT2D eigenvalue weighted by Gasteiger charge is -2.08. The molecule has 1 nitrogen and oxygen atoms in total. The summed E-state index contributed by atoms with van der Waals surface area (Å²) in [6.45, 7) is 2.14. The maximum Gasteiger partial charge on any atom is 0.0756 e. The van der Waals surface area contributed by atoms with Gasteiger partial charge in [-0.2, -0.15) is 0 Å². The molecule has 3 aromatic rings. The van der Waals surface area contributed by atoms with E-state index >= 15 is 0 Å². The highest BCUT2D eigenvalue weighted by Gasteiger charge is 2.08. The van der Waals surface area contributed by atoms with Crippen molar-refractivity contribution in [2.75, 3.05) is 0 Å². The summed E-state index contributed by atoms with van der Waals surface area (Å²) in [5.41, 5.74) is 3.24. The smallest absolute Gasteiger partial charge is 0.0756 e. The van der Waals surface area contributed by atoms with Crippen molar-refractivity contribution >= 4 is 33.4 Å². The van der Waals surface area contributed by atoms with Crippen LogP contribution in [0.3, 0.4) is 0 Å². The van der Waals surface area contributed by atoms with E-state index in [1.165, 1.54) is 5.56 Å². The molecule has 1 heterocycles. The highest BCUT2D eigenvalue weighted by atomic mass is 35.5. The van der Waals surface area contributed by atoms with Crippen LogP contribution in [-0.2, 0) is 6.42 Å². The number of rotatable bonds is 1. The van der Waals surface area contributed by atoms with E-state index in [1.54, 1.807) is 0 Å². The largest absolute Gasteiger partial charge is 0.247 e. The molecule has 3 rings (SSSR count). The summed E-state index contributed by atoms with van der Waals surface area (Å²) < 4.78 is 0. The van der Waals surface area contributed by atoms with Gasteiger partial charge in [-0.05, 0) is 18.1 Å². The molecule has 0 fully saturated rings. The first-order valence-corrected chi connectivity index (χ1v) is 6.15.